The molecule has 3 aromatic heterocycles. The molecule has 0 N–H and O–H groups in total. The van der Waals surface area contributed by atoms with Gasteiger partial charge in [-0.05, 0) is 68.4 Å². The van der Waals surface area contributed by atoms with Crippen LogP contribution in [0.3, 0.4) is 0 Å². The highest BCUT2D eigenvalue weighted by Crippen LogP contribution is 2.26. The Morgan fingerprint density at radius 1 is 0.935 bits per heavy atom. The Balaban J connectivity index is 1.47. The van der Waals surface area contributed by atoms with E-state index in [4.69, 9.17) is 5.10 Å². The van der Waals surface area contributed by atoms with E-state index in [1.807, 2.05) is 24.8 Å². The van der Waals surface area contributed by atoms with E-state index in [2.05, 4.69) is 76.4 Å². The maximum absolute atomic E-state index is 4.70. The van der Waals surface area contributed by atoms with Crippen molar-refractivity contribution in [3.8, 4) is 11.1 Å². The zero-order valence-electron chi connectivity index (χ0n) is 18.1. The van der Waals surface area contributed by atoms with Gasteiger partial charge in [-0.3, -0.25) is 4.98 Å². The number of aromatic nitrogens is 5. The van der Waals surface area contributed by atoms with Crippen molar-refractivity contribution < 1.29 is 0 Å². The number of fused-ring (bicyclic) bond motifs is 2. The van der Waals surface area contributed by atoms with E-state index in [0.717, 1.165) is 38.8 Å². The summed E-state index contributed by atoms with van der Waals surface area (Å²) >= 11 is 1.59. The summed E-state index contributed by atoms with van der Waals surface area (Å²) in [5.74, 6) is 0.855. The van der Waals surface area contributed by atoms with Crippen LogP contribution in [-0.4, -0.2) is 43.8 Å². The van der Waals surface area contributed by atoms with E-state index in [1.54, 1.807) is 11.3 Å². The summed E-state index contributed by atoms with van der Waals surface area (Å²) in [7, 11) is 4.08. The molecule has 3 heterocycles. The number of pyridine rings is 1. The third-order valence-corrected chi connectivity index (χ3v) is 6.38. The van der Waals surface area contributed by atoms with E-state index in [9.17, 15) is 0 Å². The summed E-state index contributed by atoms with van der Waals surface area (Å²) in [5, 5.41) is 15.5. The molecule has 0 bridgehead atoms. The molecular weight excluding hydrogens is 404 g/mol. The Morgan fingerprint density at radius 3 is 2.61 bits per heavy atom. The fourth-order valence-corrected chi connectivity index (χ4v) is 4.66. The van der Waals surface area contributed by atoms with Crippen LogP contribution in [0.1, 0.15) is 27.5 Å². The molecule has 31 heavy (non-hydrogen) atoms. The molecule has 0 saturated carbocycles. The van der Waals surface area contributed by atoms with Crippen molar-refractivity contribution in [1.29, 1.82) is 0 Å². The molecule has 0 spiro atoms. The highest BCUT2D eigenvalue weighted by Gasteiger charge is 2.13. The van der Waals surface area contributed by atoms with E-state index >= 15 is 0 Å². The van der Waals surface area contributed by atoms with Crippen LogP contribution in [0.5, 0.6) is 0 Å². The van der Waals surface area contributed by atoms with Gasteiger partial charge in [-0.2, -0.15) is 9.61 Å². The van der Waals surface area contributed by atoms with Gasteiger partial charge >= 0.3 is 0 Å². The molecule has 0 unspecified atom stereocenters. The van der Waals surface area contributed by atoms with E-state index in [1.165, 1.54) is 22.3 Å². The summed E-state index contributed by atoms with van der Waals surface area (Å²) in [5.41, 5.74) is 7.07. The molecule has 0 atom stereocenters. The van der Waals surface area contributed by atoms with Crippen molar-refractivity contribution in [2.45, 2.75) is 26.8 Å². The summed E-state index contributed by atoms with van der Waals surface area (Å²) in [6.45, 7) is 5.08. The number of hydrogen-bond acceptors (Lipinski definition) is 6. The van der Waals surface area contributed by atoms with Gasteiger partial charge in [-0.1, -0.05) is 35.6 Å². The van der Waals surface area contributed by atoms with Gasteiger partial charge in [-0.15, -0.1) is 10.2 Å². The Hall–Kier alpha value is -3.16. The number of aryl methyl sites for hydroxylation is 2. The molecule has 0 amide bonds. The monoisotopic (exact) mass is 428 g/mol. The second kappa shape index (κ2) is 7.83. The first kappa shape index (κ1) is 19.8. The summed E-state index contributed by atoms with van der Waals surface area (Å²) in [6, 6.07) is 15.2. The van der Waals surface area contributed by atoms with E-state index < -0.39 is 0 Å². The predicted octanol–water partition coefficient (Wildman–Crippen LogP) is 4.67. The molecular formula is C24H24N6S. The first-order valence-corrected chi connectivity index (χ1v) is 11.1. The largest absolute Gasteiger partial charge is 0.303 e. The van der Waals surface area contributed by atoms with Crippen LogP contribution in [0.4, 0.5) is 0 Å². The maximum atomic E-state index is 4.70. The lowest BCUT2D eigenvalue weighted by atomic mass is 10.00. The van der Waals surface area contributed by atoms with Gasteiger partial charge < -0.3 is 4.90 Å². The first-order valence-electron chi connectivity index (χ1n) is 10.3. The second-order valence-electron chi connectivity index (χ2n) is 8.27. The molecule has 7 heteroatoms. The number of nitrogens with zero attached hydrogens (tertiary/aromatic N) is 6. The van der Waals surface area contributed by atoms with E-state index in [-0.39, 0.29) is 0 Å². The van der Waals surface area contributed by atoms with Crippen LogP contribution in [0.15, 0.2) is 48.7 Å². The minimum absolute atomic E-state index is 0.677. The molecule has 5 rings (SSSR count). The average Bonchev–Trinajstić information content (AvgIpc) is 3.30. The quantitative estimate of drug-likeness (QED) is 0.407. The molecule has 0 saturated heterocycles. The third-order valence-electron chi connectivity index (χ3n) is 5.50. The van der Waals surface area contributed by atoms with Crippen molar-refractivity contribution in [3.63, 3.8) is 0 Å². The van der Waals surface area contributed by atoms with Gasteiger partial charge in [-0.25, -0.2) is 0 Å². The molecule has 0 aliphatic carbocycles. The van der Waals surface area contributed by atoms with E-state index in [0.29, 0.717) is 6.42 Å². The second-order valence-corrected chi connectivity index (χ2v) is 9.31. The van der Waals surface area contributed by atoms with Gasteiger partial charge in [0.1, 0.15) is 5.01 Å². The smallest absolute Gasteiger partial charge is 0.234 e. The van der Waals surface area contributed by atoms with Crippen molar-refractivity contribution in [2.75, 3.05) is 14.1 Å². The number of rotatable bonds is 5. The minimum Gasteiger partial charge on any atom is -0.303 e. The predicted molar refractivity (Wildman–Crippen MR) is 126 cm³/mol. The number of hydrogen-bond donors (Lipinski definition) is 0. The summed E-state index contributed by atoms with van der Waals surface area (Å²) in [6.07, 6.45) is 2.63. The lowest BCUT2D eigenvalue weighted by Gasteiger charge is -2.08. The molecule has 0 radical (unpaired) electrons. The lowest BCUT2D eigenvalue weighted by Crippen LogP contribution is -2.10. The van der Waals surface area contributed by atoms with Gasteiger partial charge in [0.25, 0.3) is 0 Å². The molecule has 156 valence electrons. The van der Waals surface area contributed by atoms with Gasteiger partial charge in [0, 0.05) is 23.6 Å². The highest BCUT2D eigenvalue weighted by atomic mass is 32.1. The zero-order chi connectivity index (χ0) is 21.5. The molecule has 6 nitrogen and oxygen atoms in total. The highest BCUT2D eigenvalue weighted by molar-refractivity contribution is 7.16. The standard InChI is InChI=1S/C24H24N6S/c1-15-5-7-18(9-16(15)2)20-12-19-10-17(6-8-21(19)25-13-20)11-22-26-27-24-30(22)28-23(31-24)14-29(3)4/h5-10,12-13H,11,14H2,1-4H3. The molecule has 0 aliphatic rings. The molecule has 5 aromatic rings. The van der Waals surface area contributed by atoms with Crippen molar-refractivity contribution >= 4 is 27.2 Å². The van der Waals surface area contributed by atoms with Crippen LogP contribution in [0, 0.1) is 13.8 Å². The Kier molecular flexibility index (Phi) is 5.00. The van der Waals surface area contributed by atoms with Crippen molar-refractivity contribution in [1.82, 2.24) is 29.7 Å². The van der Waals surface area contributed by atoms with Crippen LogP contribution < -0.4 is 0 Å². The Morgan fingerprint density at radius 2 is 1.81 bits per heavy atom. The first-order chi connectivity index (χ1) is 15.0. The topological polar surface area (TPSA) is 59.2 Å². The molecule has 2 aromatic carbocycles. The Labute approximate surface area is 185 Å². The Bertz CT molecular complexity index is 1400. The normalized spacial score (nSPS) is 11.8. The van der Waals surface area contributed by atoms with Crippen LogP contribution >= 0.6 is 11.3 Å². The van der Waals surface area contributed by atoms with Gasteiger partial charge in [0.15, 0.2) is 5.82 Å². The van der Waals surface area contributed by atoms with Crippen molar-refractivity contribution in [2.24, 2.45) is 0 Å². The fourth-order valence-electron chi connectivity index (χ4n) is 3.69. The van der Waals surface area contributed by atoms with Crippen LogP contribution in [0.25, 0.3) is 27.0 Å². The lowest BCUT2D eigenvalue weighted by molar-refractivity contribution is 0.399. The fraction of sp³-hybridized carbons (Fsp3) is 0.250. The average molecular weight is 429 g/mol. The van der Waals surface area contributed by atoms with Gasteiger partial charge in [0.2, 0.25) is 4.96 Å². The maximum Gasteiger partial charge on any atom is 0.234 e. The summed E-state index contributed by atoms with van der Waals surface area (Å²) in [4.78, 5) is 7.63. The van der Waals surface area contributed by atoms with Gasteiger partial charge in [0.05, 0.1) is 12.1 Å². The van der Waals surface area contributed by atoms with Crippen LogP contribution in [-0.2, 0) is 13.0 Å². The van der Waals surface area contributed by atoms with Crippen molar-refractivity contribution in [3.05, 3.63) is 76.2 Å². The number of benzene rings is 2. The SMILES string of the molecule is Cc1ccc(-c2cnc3ccc(Cc4nnc5sc(CN(C)C)nn45)cc3c2)cc1C. The zero-order valence-corrected chi connectivity index (χ0v) is 18.9. The molecule has 0 aliphatic heterocycles. The summed E-state index contributed by atoms with van der Waals surface area (Å²) < 4.78 is 1.87. The molecule has 0 fully saturated rings. The minimum atomic E-state index is 0.677. The van der Waals surface area contributed by atoms with Crippen LogP contribution in [0.2, 0.25) is 0 Å². The third kappa shape index (κ3) is 3.94.